The van der Waals surface area contributed by atoms with E-state index in [4.69, 9.17) is 9.26 Å². The lowest BCUT2D eigenvalue weighted by Gasteiger charge is -2.27. The number of hydrogen-bond acceptors (Lipinski definition) is 6. The van der Waals surface area contributed by atoms with Gasteiger partial charge in [0, 0.05) is 24.8 Å². The van der Waals surface area contributed by atoms with Crippen LogP contribution in [0, 0.1) is 12.8 Å². The van der Waals surface area contributed by atoms with Gasteiger partial charge in [0.2, 0.25) is 5.89 Å². The topological polar surface area (TPSA) is 90.1 Å². The van der Waals surface area contributed by atoms with Crippen molar-refractivity contribution in [2.24, 2.45) is 5.92 Å². The van der Waals surface area contributed by atoms with Gasteiger partial charge in [-0.2, -0.15) is 18.2 Å². The van der Waals surface area contributed by atoms with Crippen molar-refractivity contribution in [2.45, 2.75) is 57.9 Å². The largest absolute Gasteiger partial charge is 0.480 e. The van der Waals surface area contributed by atoms with Crippen LogP contribution in [0.3, 0.4) is 0 Å². The zero-order valence-electron chi connectivity index (χ0n) is 16.7. The summed E-state index contributed by atoms with van der Waals surface area (Å²) in [5, 5.41) is 6.84. The number of nitrogens with one attached hydrogen (secondary N) is 1. The van der Waals surface area contributed by atoms with Crippen LogP contribution in [0.25, 0.3) is 5.57 Å². The first-order valence-electron chi connectivity index (χ1n) is 9.64. The number of hydrogen-bond donors (Lipinski definition) is 1. The molecule has 4 rings (SSSR count). The fourth-order valence-electron chi connectivity index (χ4n) is 3.24. The summed E-state index contributed by atoms with van der Waals surface area (Å²) in [7, 11) is 0. The van der Waals surface area contributed by atoms with Crippen molar-refractivity contribution in [3.05, 3.63) is 41.3 Å². The Morgan fingerprint density at radius 1 is 1.37 bits per heavy atom. The lowest BCUT2D eigenvalue weighted by Crippen LogP contribution is -2.46. The summed E-state index contributed by atoms with van der Waals surface area (Å²) >= 11 is 0. The van der Waals surface area contributed by atoms with Gasteiger partial charge >= 0.3 is 6.18 Å². The SMILES string of the molecule is Cc1nc(C(C)(NC(=O)c2cc(O[C@@H](C)C(F)(F)F)c(C3=CC3)cn2)C2CC2)no1. The van der Waals surface area contributed by atoms with Gasteiger partial charge in [-0.05, 0) is 44.6 Å². The molecule has 10 heteroatoms. The van der Waals surface area contributed by atoms with E-state index in [-0.39, 0.29) is 17.4 Å². The molecule has 2 atom stereocenters. The number of rotatable bonds is 7. The van der Waals surface area contributed by atoms with Crippen LogP contribution in [0.1, 0.15) is 60.9 Å². The molecule has 0 aromatic carbocycles. The summed E-state index contributed by atoms with van der Waals surface area (Å²) in [5.74, 6) is 0.302. The second-order valence-corrected chi connectivity index (χ2v) is 7.87. The number of halogens is 3. The van der Waals surface area contributed by atoms with Crippen molar-refractivity contribution < 1.29 is 27.2 Å². The van der Waals surface area contributed by atoms with Gasteiger partial charge in [0.25, 0.3) is 5.91 Å². The Hall–Kier alpha value is -2.91. The van der Waals surface area contributed by atoms with Gasteiger partial charge in [-0.15, -0.1) is 0 Å². The van der Waals surface area contributed by atoms with E-state index in [9.17, 15) is 18.0 Å². The fraction of sp³-hybridized carbons (Fsp3) is 0.500. The minimum Gasteiger partial charge on any atom is -0.480 e. The number of aryl methyl sites for hydroxylation is 1. The monoisotopic (exact) mass is 422 g/mol. The molecule has 0 saturated heterocycles. The molecular weight excluding hydrogens is 401 g/mol. The number of aromatic nitrogens is 3. The third kappa shape index (κ3) is 4.03. The number of carbonyl (C=O) groups excluding carboxylic acids is 1. The maximum Gasteiger partial charge on any atom is 0.425 e. The minimum absolute atomic E-state index is 0.0211. The highest BCUT2D eigenvalue weighted by Crippen LogP contribution is 2.45. The number of alkyl halides is 3. The van der Waals surface area contributed by atoms with E-state index in [0.717, 1.165) is 25.3 Å². The van der Waals surface area contributed by atoms with Crippen LogP contribution in [0.5, 0.6) is 5.75 Å². The van der Waals surface area contributed by atoms with Gasteiger partial charge in [-0.25, -0.2) is 0 Å². The predicted octanol–water partition coefficient (Wildman–Crippen LogP) is 3.94. The Balaban J connectivity index is 1.61. The maximum absolute atomic E-state index is 13.0. The highest BCUT2D eigenvalue weighted by Gasteiger charge is 2.47. The van der Waals surface area contributed by atoms with Crippen molar-refractivity contribution in [3.8, 4) is 5.75 Å². The third-order valence-corrected chi connectivity index (χ3v) is 5.38. The number of ether oxygens (including phenoxy) is 1. The lowest BCUT2D eigenvalue weighted by molar-refractivity contribution is -0.189. The second kappa shape index (κ2) is 7.10. The molecule has 0 aliphatic heterocycles. The Labute approximate surface area is 170 Å². The van der Waals surface area contributed by atoms with Crippen LogP contribution >= 0.6 is 0 Å². The lowest BCUT2D eigenvalue weighted by atomic mass is 9.94. The number of allylic oxidation sites excluding steroid dienone is 2. The van der Waals surface area contributed by atoms with Crippen LogP contribution in [0.4, 0.5) is 13.2 Å². The molecule has 2 aromatic rings. The molecule has 1 saturated carbocycles. The van der Waals surface area contributed by atoms with Gasteiger partial charge < -0.3 is 14.6 Å². The molecule has 160 valence electrons. The molecule has 1 amide bonds. The molecule has 0 spiro atoms. The van der Waals surface area contributed by atoms with Crippen LogP contribution in [0.15, 0.2) is 22.9 Å². The first-order chi connectivity index (χ1) is 14.1. The molecule has 7 nitrogen and oxygen atoms in total. The van der Waals surface area contributed by atoms with Crippen molar-refractivity contribution in [1.82, 2.24) is 20.4 Å². The standard InChI is InChI=1S/C20H21F3N4O3/c1-10(20(21,22)23)29-16-8-15(24-9-14(16)12-4-5-12)17(28)26-19(3,13-6-7-13)18-25-11(2)30-27-18/h4,8-10,13H,5-7H2,1-3H3,(H,26,28)/t10-,19?/m0/s1. The second-order valence-electron chi connectivity index (χ2n) is 7.87. The molecule has 2 heterocycles. The predicted molar refractivity (Wildman–Crippen MR) is 99.6 cm³/mol. The number of nitrogens with zero attached hydrogens (tertiary/aromatic N) is 3. The molecule has 30 heavy (non-hydrogen) atoms. The van der Waals surface area contributed by atoms with E-state index in [2.05, 4.69) is 20.4 Å². The molecule has 1 fully saturated rings. The summed E-state index contributed by atoms with van der Waals surface area (Å²) in [6, 6.07) is 1.25. The van der Waals surface area contributed by atoms with E-state index in [1.165, 1.54) is 12.3 Å². The molecule has 1 N–H and O–H groups in total. The summed E-state index contributed by atoms with van der Waals surface area (Å²) in [6.07, 6.45) is -0.884. The van der Waals surface area contributed by atoms with Gasteiger partial charge in [0.15, 0.2) is 11.9 Å². The molecule has 2 aliphatic carbocycles. The average molecular weight is 422 g/mol. The highest BCUT2D eigenvalue weighted by molar-refractivity contribution is 5.94. The van der Waals surface area contributed by atoms with E-state index < -0.39 is 23.7 Å². The molecule has 2 aliphatic rings. The first kappa shape index (κ1) is 20.4. The van der Waals surface area contributed by atoms with E-state index in [1.54, 1.807) is 13.8 Å². The van der Waals surface area contributed by atoms with Crippen LogP contribution in [-0.2, 0) is 5.54 Å². The number of pyridine rings is 1. The first-order valence-corrected chi connectivity index (χ1v) is 9.64. The third-order valence-electron chi connectivity index (χ3n) is 5.38. The minimum atomic E-state index is -4.53. The Bertz CT molecular complexity index is 1010. The maximum atomic E-state index is 13.0. The van der Waals surface area contributed by atoms with Crippen molar-refractivity contribution in [1.29, 1.82) is 0 Å². The van der Waals surface area contributed by atoms with E-state index in [1.807, 2.05) is 6.08 Å². The van der Waals surface area contributed by atoms with Crippen LogP contribution < -0.4 is 10.1 Å². The highest BCUT2D eigenvalue weighted by atomic mass is 19.4. The quantitative estimate of drug-likeness (QED) is 0.727. The Morgan fingerprint density at radius 2 is 2.07 bits per heavy atom. The zero-order chi connectivity index (χ0) is 21.7. The summed E-state index contributed by atoms with van der Waals surface area (Å²) < 4.78 is 49.2. The molecule has 0 radical (unpaired) electrons. The average Bonchev–Trinajstić information content (AvgIpc) is 3.58. The summed E-state index contributed by atoms with van der Waals surface area (Å²) in [4.78, 5) is 21.4. The number of carbonyl (C=O) groups is 1. The van der Waals surface area contributed by atoms with Crippen molar-refractivity contribution >= 4 is 11.5 Å². The number of amides is 1. The van der Waals surface area contributed by atoms with E-state index in [0.29, 0.717) is 23.7 Å². The molecule has 1 unspecified atom stereocenters. The van der Waals surface area contributed by atoms with Crippen molar-refractivity contribution in [2.75, 3.05) is 0 Å². The van der Waals surface area contributed by atoms with Crippen molar-refractivity contribution in [3.63, 3.8) is 0 Å². The molecule has 2 aromatic heterocycles. The normalized spacial score (nSPS) is 18.9. The van der Waals surface area contributed by atoms with Crippen LogP contribution in [-0.4, -0.2) is 33.3 Å². The summed E-state index contributed by atoms with van der Waals surface area (Å²) in [6.45, 7) is 4.39. The van der Waals surface area contributed by atoms with Gasteiger partial charge in [0.05, 0.1) is 0 Å². The fourth-order valence-corrected chi connectivity index (χ4v) is 3.24. The Morgan fingerprint density at radius 3 is 2.60 bits per heavy atom. The van der Waals surface area contributed by atoms with E-state index >= 15 is 0 Å². The zero-order valence-corrected chi connectivity index (χ0v) is 16.7. The molecule has 0 bridgehead atoms. The smallest absolute Gasteiger partial charge is 0.425 e. The van der Waals surface area contributed by atoms with Gasteiger partial charge in [0.1, 0.15) is 17.0 Å². The molecular formula is C20H21F3N4O3. The van der Waals surface area contributed by atoms with Gasteiger partial charge in [-0.1, -0.05) is 11.2 Å². The Kier molecular flexibility index (Phi) is 4.82. The van der Waals surface area contributed by atoms with Gasteiger partial charge in [-0.3, -0.25) is 9.78 Å². The summed E-state index contributed by atoms with van der Waals surface area (Å²) in [5.41, 5.74) is 0.385. The van der Waals surface area contributed by atoms with Crippen LogP contribution in [0.2, 0.25) is 0 Å².